The molecule has 0 unspecified atom stereocenters. The van der Waals surface area contributed by atoms with E-state index < -0.39 is 17.1 Å². The number of halogens is 1. The molecule has 150 valence electrons. The number of hydrogen-bond acceptors (Lipinski definition) is 6. The van der Waals surface area contributed by atoms with Crippen molar-refractivity contribution in [2.75, 3.05) is 26.1 Å². The number of rotatable bonds is 6. The normalized spacial score (nSPS) is 15.0. The topological polar surface area (TPSA) is 84.9 Å². The molecule has 29 heavy (non-hydrogen) atoms. The Morgan fingerprint density at radius 2 is 1.93 bits per heavy atom. The van der Waals surface area contributed by atoms with Crippen LogP contribution >= 0.6 is 27.7 Å². The molecule has 2 aromatic rings. The zero-order valence-electron chi connectivity index (χ0n) is 15.6. The van der Waals surface area contributed by atoms with Crippen LogP contribution in [0.5, 0.6) is 11.5 Å². The number of carbonyl (C=O) groups is 3. The predicted molar refractivity (Wildman–Crippen MR) is 115 cm³/mol. The smallest absolute Gasteiger partial charge is 0.294 e. The molecule has 1 N–H and O–H groups in total. The minimum absolute atomic E-state index is 0.215. The maximum Gasteiger partial charge on any atom is 0.294 e. The molecule has 1 fully saturated rings. The highest BCUT2D eigenvalue weighted by molar-refractivity contribution is 9.10. The second-order valence-electron chi connectivity index (χ2n) is 5.90. The van der Waals surface area contributed by atoms with Gasteiger partial charge in [0.1, 0.15) is 18.0 Å². The molecular weight excluding hydrogens is 460 g/mol. The van der Waals surface area contributed by atoms with E-state index in [9.17, 15) is 14.4 Å². The summed E-state index contributed by atoms with van der Waals surface area (Å²) >= 11 is 4.12. The molecule has 1 aliphatic heterocycles. The van der Waals surface area contributed by atoms with Crippen LogP contribution in [-0.4, -0.2) is 42.7 Å². The fraction of sp³-hybridized carbons (Fsp3) is 0.150. The second kappa shape index (κ2) is 9.15. The summed E-state index contributed by atoms with van der Waals surface area (Å²) in [6.45, 7) is -0.372. The number of nitrogens with zero attached hydrogens (tertiary/aromatic N) is 1. The summed E-state index contributed by atoms with van der Waals surface area (Å²) in [4.78, 5) is 38.4. The molecular formula is C20H17BrN2O5S. The van der Waals surface area contributed by atoms with Crippen LogP contribution < -0.4 is 14.8 Å². The minimum atomic E-state index is -0.528. The van der Waals surface area contributed by atoms with E-state index >= 15 is 0 Å². The molecule has 0 radical (unpaired) electrons. The molecule has 3 rings (SSSR count). The lowest BCUT2D eigenvalue weighted by molar-refractivity contribution is -0.127. The van der Waals surface area contributed by atoms with Gasteiger partial charge in [0.15, 0.2) is 0 Å². The number of nitrogens with one attached hydrogen (secondary N) is 1. The van der Waals surface area contributed by atoms with Crippen LogP contribution in [0.2, 0.25) is 0 Å². The number of benzene rings is 2. The summed E-state index contributed by atoms with van der Waals surface area (Å²) in [6, 6.07) is 12.2. The van der Waals surface area contributed by atoms with Crippen LogP contribution in [0.3, 0.4) is 0 Å². The Hall–Kier alpha value is -2.78. The van der Waals surface area contributed by atoms with Gasteiger partial charge in [-0.25, -0.2) is 0 Å². The highest BCUT2D eigenvalue weighted by Crippen LogP contribution is 2.35. The van der Waals surface area contributed by atoms with Gasteiger partial charge in [-0.1, -0.05) is 12.1 Å². The zero-order chi connectivity index (χ0) is 21.0. The molecule has 1 saturated heterocycles. The number of thioether (sulfide) groups is 1. The molecule has 9 heteroatoms. The van der Waals surface area contributed by atoms with E-state index in [0.717, 1.165) is 16.7 Å². The van der Waals surface area contributed by atoms with E-state index in [1.807, 2.05) is 6.07 Å². The number of methoxy groups -OCH3 is 2. The second-order valence-corrected chi connectivity index (χ2v) is 7.75. The molecule has 0 atom stereocenters. The lowest BCUT2D eigenvalue weighted by Gasteiger charge is -2.13. The number of hydrogen-bond donors (Lipinski definition) is 1. The standard InChI is InChI=1S/C20H17BrN2O5S/c1-27-13-8-7-12(16(10-13)28-2)9-17-19(25)23(20(26)29-17)11-18(24)22-15-6-4-3-5-14(15)21/h3-10H,11H2,1-2H3,(H,22,24)/b17-9+. The molecule has 0 aromatic heterocycles. The lowest BCUT2D eigenvalue weighted by atomic mass is 10.1. The molecule has 1 heterocycles. The van der Waals surface area contributed by atoms with Crippen molar-refractivity contribution in [1.29, 1.82) is 0 Å². The summed E-state index contributed by atoms with van der Waals surface area (Å²) in [6.07, 6.45) is 1.56. The molecule has 7 nitrogen and oxygen atoms in total. The third kappa shape index (κ3) is 4.80. The van der Waals surface area contributed by atoms with Gasteiger partial charge in [-0.3, -0.25) is 19.3 Å². The lowest BCUT2D eigenvalue weighted by Crippen LogP contribution is -2.36. The third-order valence-electron chi connectivity index (χ3n) is 4.05. The SMILES string of the molecule is COc1ccc(/C=C2/SC(=O)N(CC(=O)Nc3ccccc3Br)C2=O)c(OC)c1. The average molecular weight is 477 g/mol. The Bertz CT molecular complexity index is 1010. The van der Waals surface area contributed by atoms with Gasteiger partial charge in [0.05, 0.1) is 24.8 Å². The average Bonchev–Trinajstić information content (AvgIpc) is 2.97. The van der Waals surface area contributed by atoms with Crippen LogP contribution in [0.15, 0.2) is 51.8 Å². The van der Waals surface area contributed by atoms with Crippen molar-refractivity contribution in [2.24, 2.45) is 0 Å². The monoisotopic (exact) mass is 476 g/mol. The predicted octanol–water partition coefficient (Wildman–Crippen LogP) is 4.14. The van der Waals surface area contributed by atoms with Crippen LogP contribution in [0.1, 0.15) is 5.56 Å². The third-order valence-corrected chi connectivity index (χ3v) is 5.65. The van der Waals surface area contributed by atoms with Crippen molar-refractivity contribution in [3.05, 3.63) is 57.4 Å². The van der Waals surface area contributed by atoms with Crippen LogP contribution in [0.25, 0.3) is 6.08 Å². The molecule has 0 spiro atoms. The fourth-order valence-electron chi connectivity index (χ4n) is 2.61. The van der Waals surface area contributed by atoms with E-state index in [4.69, 9.17) is 9.47 Å². The van der Waals surface area contributed by atoms with Gasteiger partial charge in [0, 0.05) is 16.1 Å². The van der Waals surface area contributed by atoms with Gasteiger partial charge in [0.2, 0.25) is 5.91 Å². The molecule has 0 saturated carbocycles. The summed E-state index contributed by atoms with van der Waals surface area (Å²) < 4.78 is 11.2. The van der Waals surface area contributed by atoms with Crippen molar-refractivity contribution in [1.82, 2.24) is 4.90 Å². The Morgan fingerprint density at radius 3 is 2.62 bits per heavy atom. The number of para-hydroxylation sites is 1. The highest BCUT2D eigenvalue weighted by atomic mass is 79.9. The van der Waals surface area contributed by atoms with Crippen molar-refractivity contribution >= 4 is 56.5 Å². The van der Waals surface area contributed by atoms with Gasteiger partial charge in [-0.05, 0) is 58.0 Å². The molecule has 2 aromatic carbocycles. The Balaban J connectivity index is 1.75. The summed E-state index contributed by atoms with van der Waals surface area (Å²) in [5.74, 6) is 0.112. The van der Waals surface area contributed by atoms with Crippen molar-refractivity contribution < 1.29 is 23.9 Å². The zero-order valence-corrected chi connectivity index (χ0v) is 18.0. The first kappa shape index (κ1) is 20.9. The van der Waals surface area contributed by atoms with Crippen molar-refractivity contribution in [2.45, 2.75) is 0 Å². The van der Waals surface area contributed by atoms with Crippen LogP contribution in [-0.2, 0) is 9.59 Å². The molecule has 0 bridgehead atoms. The van der Waals surface area contributed by atoms with Crippen molar-refractivity contribution in [3.63, 3.8) is 0 Å². The number of imide groups is 1. The Morgan fingerprint density at radius 1 is 1.17 bits per heavy atom. The number of carbonyl (C=O) groups excluding carboxylic acids is 3. The molecule has 1 aliphatic rings. The first-order valence-corrected chi connectivity index (χ1v) is 10.1. The van der Waals surface area contributed by atoms with E-state index in [-0.39, 0.29) is 11.4 Å². The number of ether oxygens (including phenoxy) is 2. The Kier molecular flexibility index (Phi) is 6.60. The van der Waals surface area contributed by atoms with Gasteiger partial charge >= 0.3 is 0 Å². The maximum absolute atomic E-state index is 12.7. The van der Waals surface area contributed by atoms with Gasteiger partial charge in [-0.2, -0.15) is 0 Å². The highest BCUT2D eigenvalue weighted by Gasteiger charge is 2.36. The van der Waals surface area contributed by atoms with Crippen LogP contribution in [0.4, 0.5) is 10.5 Å². The largest absolute Gasteiger partial charge is 0.497 e. The van der Waals surface area contributed by atoms with Gasteiger partial charge < -0.3 is 14.8 Å². The van der Waals surface area contributed by atoms with E-state index in [2.05, 4.69) is 21.2 Å². The first-order valence-electron chi connectivity index (χ1n) is 8.44. The first-order chi connectivity index (χ1) is 13.9. The summed E-state index contributed by atoms with van der Waals surface area (Å²) in [5.41, 5.74) is 1.18. The molecule has 0 aliphatic carbocycles. The fourth-order valence-corrected chi connectivity index (χ4v) is 3.82. The minimum Gasteiger partial charge on any atom is -0.497 e. The Labute approximate surface area is 180 Å². The van der Waals surface area contributed by atoms with Crippen LogP contribution in [0, 0.1) is 0 Å². The van der Waals surface area contributed by atoms with E-state index in [1.54, 1.807) is 49.6 Å². The number of amides is 3. The van der Waals surface area contributed by atoms with E-state index in [1.165, 1.54) is 7.11 Å². The van der Waals surface area contributed by atoms with Gasteiger partial charge in [0.25, 0.3) is 11.1 Å². The summed E-state index contributed by atoms with van der Waals surface area (Å²) in [5, 5.41) is 2.18. The molecule has 3 amide bonds. The summed E-state index contributed by atoms with van der Waals surface area (Å²) in [7, 11) is 3.04. The van der Waals surface area contributed by atoms with Gasteiger partial charge in [-0.15, -0.1) is 0 Å². The van der Waals surface area contributed by atoms with Crippen molar-refractivity contribution in [3.8, 4) is 11.5 Å². The number of anilines is 1. The maximum atomic E-state index is 12.7. The van der Waals surface area contributed by atoms with E-state index in [0.29, 0.717) is 27.2 Å². The quantitative estimate of drug-likeness (QED) is 0.630.